The molecule has 1 amide bonds. The summed E-state index contributed by atoms with van der Waals surface area (Å²) in [4.78, 5) is 16.0. The zero-order valence-electron chi connectivity index (χ0n) is 10.5. The SMILES string of the molecule is COCCCNC(=O)C(C)Sc1ccc(Br)cn1. The molecule has 100 valence electrons. The normalized spacial score (nSPS) is 12.2. The Bertz CT molecular complexity index is 373. The Morgan fingerprint density at radius 1 is 1.61 bits per heavy atom. The Kier molecular flexibility index (Phi) is 7.31. The fourth-order valence-electron chi connectivity index (χ4n) is 1.24. The van der Waals surface area contributed by atoms with Gasteiger partial charge in [0.25, 0.3) is 0 Å². The van der Waals surface area contributed by atoms with Crippen LogP contribution in [0.3, 0.4) is 0 Å². The summed E-state index contributed by atoms with van der Waals surface area (Å²) in [6, 6.07) is 3.81. The fourth-order valence-corrected chi connectivity index (χ4v) is 2.29. The lowest BCUT2D eigenvalue weighted by molar-refractivity contribution is -0.120. The molecule has 4 nitrogen and oxygen atoms in total. The van der Waals surface area contributed by atoms with Crippen molar-refractivity contribution >= 4 is 33.6 Å². The van der Waals surface area contributed by atoms with Gasteiger partial charge in [-0.25, -0.2) is 4.98 Å². The molecule has 0 fully saturated rings. The average Bonchev–Trinajstić information content (AvgIpc) is 2.37. The van der Waals surface area contributed by atoms with Gasteiger partial charge in [-0.1, -0.05) is 11.8 Å². The summed E-state index contributed by atoms with van der Waals surface area (Å²) < 4.78 is 5.85. The van der Waals surface area contributed by atoms with Crippen molar-refractivity contribution in [3.63, 3.8) is 0 Å². The van der Waals surface area contributed by atoms with Crippen LogP contribution in [-0.4, -0.2) is 36.4 Å². The highest BCUT2D eigenvalue weighted by molar-refractivity contribution is 9.10. The van der Waals surface area contributed by atoms with E-state index < -0.39 is 0 Å². The highest BCUT2D eigenvalue weighted by atomic mass is 79.9. The predicted octanol–water partition coefficient (Wildman–Crippen LogP) is 2.48. The molecule has 0 saturated carbocycles. The first-order chi connectivity index (χ1) is 8.63. The summed E-state index contributed by atoms with van der Waals surface area (Å²) in [5.74, 6) is 0.0285. The molecule has 1 unspecified atom stereocenters. The van der Waals surface area contributed by atoms with E-state index in [1.165, 1.54) is 11.8 Å². The molecule has 1 aromatic heterocycles. The number of amides is 1. The summed E-state index contributed by atoms with van der Waals surface area (Å²) >= 11 is 4.78. The molecular formula is C12H17BrN2O2S. The van der Waals surface area contributed by atoms with Gasteiger partial charge in [0.2, 0.25) is 5.91 Å². The third-order valence-corrected chi connectivity index (χ3v) is 3.71. The molecule has 6 heteroatoms. The summed E-state index contributed by atoms with van der Waals surface area (Å²) in [6.07, 6.45) is 2.56. The van der Waals surface area contributed by atoms with Crippen LogP contribution in [0.2, 0.25) is 0 Å². The molecule has 0 aliphatic rings. The maximum Gasteiger partial charge on any atom is 0.233 e. The van der Waals surface area contributed by atoms with Crippen molar-refractivity contribution in [2.24, 2.45) is 0 Å². The van der Waals surface area contributed by atoms with E-state index in [-0.39, 0.29) is 11.2 Å². The molecular weight excluding hydrogens is 316 g/mol. The van der Waals surface area contributed by atoms with Gasteiger partial charge in [-0.05, 0) is 41.4 Å². The van der Waals surface area contributed by atoms with Gasteiger partial charge in [-0.15, -0.1) is 0 Å². The zero-order chi connectivity index (χ0) is 13.4. The summed E-state index contributed by atoms with van der Waals surface area (Å²) in [6.45, 7) is 3.18. The fraction of sp³-hybridized carbons (Fsp3) is 0.500. The Morgan fingerprint density at radius 3 is 3.00 bits per heavy atom. The second kappa shape index (κ2) is 8.50. The number of thioether (sulfide) groups is 1. The maximum atomic E-state index is 11.8. The van der Waals surface area contributed by atoms with Gasteiger partial charge in [0.05, 0.1) is 10.3 Å². The van der Waals surface area contributed by atoms with E-state index in [1.807, 2.05) is 19.1 Å². The quantitative estimate of drug-likeness (QED) is 0.615. The minimum atomic E-state index is -0.152. The molecule has 0 aliphatic heterocycles. The van der Waals surface area contributed by atoms with Crippen molar-refractivity contribution in [3.8, 4) is 0 Å². The summed E-state index contributed by atoms with van der Waals surface area (Å²) in [5, 5.41) is 3.57. The molecule has 0 aromatic carbocycles. The zero-order valence-corrected chi connectivity index (χ0v) is 12.9. The highest BCUT2D eigenvalue weighted by Gasteiger charge is 2.14. The van der Waals surface area contributed by atoms with E-state index in [0.717, 1.165) is 15.9 Å². The monoisotopic (exact) mass is 332 g/mol. The van der Waals surface area contributed by atoms with Crippen molar-refractivity contribution in [2.75, 3.05) is 20.3 Å². The minimum absolute atomic E-state index is 0.0285. The maximum absolute atomic E-state index is 11.8. The van der Waals surface area contributed by atoms with Crippen LogP contribution in [0.1, 0.15) is 13.3 Å². The number of methoxy groups -OCH3 is 1. The first kappa shape index (κ1) is 15.5. The number of carbonyl (C=O) groups excluding carboxylic acids is 1. The van der Waals surface area contributed by atoms with Crippen LogP contribution in [-0.2, 0) is 9.53 Å². The molecule has 0 spiro atoms. The standard InChI is InChI=1S/C12H17BrN2O2S/c1-9(12(16)14-6-3-7-17-2)18-11-5-4-10(13)8-15-11/h4-5,8-9H,3,6-7H2,1-2H3,(H,14,16). The lowest BCUT2D eigenvalue weighted by Gasteiger charge is -2.11. The summed E-state index contributed by atoms with van der Waals surface area (Å²) in [7, 11) is 1.65. The minimum Gasteiger partial charge on any atom is -0.385 e. The molecule has 1 heterocycles. The molecule has 1 atom stereocenters. The van der Waals surface area contributed by atoms with Gasteiger partial charge in [0.15, 0.2) is 0 Å². The topological polar surface area (TPSA) is 51.2 Å². The number of carbonyl (C=O) groups is 1. The number of rotatable bonds is 7. The number of nitrogens with zero attached hydrogens (tertiary/aromatic N) is 1. The van der Waals surface area contributed by atoms with E-state index in [9.17, 15) is 4.79 Å². The van der Waals surface area contributed by atoms with Crippen LogP contribution < -0.4 is 5.32 Å². The molecule has 1 aromatic rings. The van der Waals surface area contributed by atoms with Crippen LogP contribution in [0.25, 0.3) is 0 Å². The van der Waals surface area contributed by atoms with Crippen LogP contribution >= 0.6 is 27.7 Å². The number of ether oxygens (including phenoxy) is 1. The molecule has 0 aliphatic carbocycles. The molecule has 0 bridgehead atoms. The van der Waals surface area contributed by atoms with Crippen LogP contribution in [0.5, 0.6) is 0 Å². The van der Waals surface area contributed by atoms with Crippen molar-refractivity contribution in [2.45, 2.75) is 23.6 Å². The summed E-state index contributed by atoms with van der Waals surface area (Å²) in [5.41, 5.74) is 0. The van der Waals surface area contributed by atoms with Crippen LogP contribution in [0, 0.1) is 0 Å². The second-order valence-corrected chi connectivity index (χ2v) is 5.99. The van der Waals surface area contributed by atoms with Gasteiger partial charge in [0, 0.05) is 30.9 Å². The predicted molar refractivity (Wildman–Crippen MR) is 76.8 cm³/mol. The van der Waals surface area contributed by atoms with Gasteiger partial charge in [-0.3, -0.25) is 4.79 Å². The van der Waals surface area contributed by atoms with E-state index in [2.05, 4.69) is 26.2 Å². The van der Waals surface area contributed by atoms with E-state index in [1.54, 1.807) is 13.3 Å². The Hall–Kier alpha value is -0.590. The van der Waals surface area contributed by atoms with Gasteiger partial charge in [-0.2, -0.15) is 0 Å². The van der Waals surface area contributed by atoms with Crippen LogP contribution in [0.4, 0.5) is 0 Å². The molecule has 18 heavy (non-hydrogen) atoms. The number of nitrogens with one attached hydrogen (secondary N) is 1. The highest BCUT2D eigenvalue weighted by Crippen LogP contribution is 2.22. The Morgan fingerprint density at radius 2 is 2.39 bits per heavy atom. The van der Waals surface area contributed by atoms with Crippen LogP contribution in [0.15, 0.2) is 27.8 Å². The van der Waals surface area contributed by atoms with E-state index >= 15 is 0 Å². The van der Waals surface area contributed by atoms with Gasteiger partial charge >= 0.3 is 0 Å². The van der Waals surface area contributed by atoms with Crippen molar-refractivity contribution in [3.05, 3.63) is 22.8 Å². The number of hydrogen-bond acceptors (Lipinski definition) is 4. The van der Waals surface area contributed by atoms with E-state index in [0.29, 0.717) is 13.2 Å². The lowest BCUT2D eigenvalue weighted by Crippen LogP contribution is -2.32. The van der Waals surface area contributed by atoms with E-state index in [4.69, 9.17) is 4.74 Å². The molecule has 1 N–H and O–H groups in total. The number of pyridine rings is 1. The van der Waals surface area contributed by atoms with Crippen molar-refractivity contribution in [1.29, 1.82) is 0 Å². The van der Waals surface area contributed by atoms with Gasteiger partial charge in [0.1, 0.15) is 0 Å². The number of halogens is 1. The first-order valence-corrected chi connectivity index (χ1v) is 7.35. The molecule has 0 saturated heterocycles. The lowest BCUT2D eigenvalue weighted by atomic mass is 10.4. The Labute approximate surface area is 120 Å². The average molecular weight is 333 g/mol. The van der Waals surface area contributed by atoms with Crippen molar-refractivity contribution in [1.82, 2.24) is 10.3 Å². The first-order valence-electron chi connectivity index (χ1n) is 5.68. The third kappa shape index (κ3) is 5.84. The number of hydrogen-bond donors (Lipinski definition) is 1. The molecule has 1 rings (SSSR count). The second-order valence-electron chi connectivity index (χ2n) is 3.71. The van der Waals surface area contributed by atoms with Gasteiger partial charge < -0.3 is 10.1 Å². The third-order valence-electron chi connectivity index (χ3n) is 2.19. The Balaban J connectivity index is 2.33. The molecule has 0 radical (unpaired) electrons. The smallest absolute Gasteiger partial charge is 0.233 e. The number of aromatic nitrogens is 1. The van der Waals surface area contributed by atoms with Crippen molar-refractivity contribution < 1.29 is 9.53 Å². The largest absolute Gasteiger partial charge is 0.385 e.